The van der Waals surface area contributed by atoms with Crippen LogP contribution in [0.1, 0.15) is 44.7 Å². The number of carbonyl (C=O) groups excluding carboxylic acids is 2. The van der Waals surface area contributed by atoms with Crippen molar-refractivity contribution in [3.8, 4) is 0 Å². The molecule has 0 saturated carbocycles. The number of nitrogens with two attached hydrogens (primary N) is 1. The Kier molecular flexibility index (Phi) is 6.21. The van der Waals surface area contributed by atoms with E-state index in [0.29, 0.717) is 54.8 Å². The molecule has 0 spiro atoms. The number of rotatable bonds is 7. The van der Waals surface area contributed by atoms with Crippen molar-refractivity contribution in [2.24, 2.45) is 5.92 Å². The first kappa shape index (κ1) is 21.3. The fraction of sp³-hybridized carbons (Fsp3) is 0.650. The van der Waals surface area contributed by atoms with Gasteiger partial charge in [-0.3, -0.25) is 9.36 Å². The van der Waals surface area contributed by atoms with E-state index >= 15 is 0 Å². The Morgan fingerprint density at radius 1 is 1.35 bits per heavy atom. The average molecular weight is 431 g/mol. The van der Waals surface area contributed by atoms with E-state index in [-0.39, 0.29) is 12.1 Å². The number of nitrogen functional groups attached to an aromatic ring is 1. The molecule has 4 heterocycles. The highest BCUT2D eigenvalue weighted by atomic mass is 16.6. The second-order valence-electron chi connectivity index (χ2n) is 8.03. The summed E-state index contributed by atoms with van der Waals surface area (Å²) in [6.45, 7) is 3.68. The standard InChI is InChI=1S/C20H29N7O4/c1-3-15(30-2)27-11-23-16-17(21)24-14(25-18(16)27)5-4-12-6-8-26(9-7-12)20(29)31-13-10-22-19(13)28/h11-13,15H,3-10H2,1-2H3,(H,22,28)(H2,21,24,25)/t13?,15-/m1/s1. The summed E-state index contributed by atoms with van der Waals surface area (Å²) in [5, 5.41) is 2.57. The number of amides is 2. The molecule has 1 unspecified atom stereocenters. The van der Waals surface area contributed by atoms with Gasteiger partial charge in [0.1, 0.15) is 17.6 Å². The lowest BCUT2D eigenvalue weighted by Gasteiger charge is -2.33. The highest BCUT2D eigenvalue weighted by Gasteiger charge is 2.34. The topological polar surface area (TPSA) is 137 Å². The highest BCUT2D eigenvalue weighted by molar-refractivity contribution is 5.88. The molecule has 11 heteroatoms. The Labute approximate surface area is 180 Å². The third-order valence-corrected chi connectivity index (χ3v) is 6.07. The minimum atomic E-state index is -0.637. The van der Waals surface area contributed by atoms with Gasteiger partial charge in [-0.15, -0.1) is 0 Å². The van der Waals surface area contributed by atoms with E-state index in [1.165, 1.54) is 0 Å². The van der Waals surface area contributed by atoms with Crippen LogP contribution in [0.3, 0.4) is 0 Å². The van der Waals surface area contributed by atoms with Crippen molar-refractivity contribution in [1.82, 2.24) is 29.7 Å². The number of piperidine rings is 1. The number of ether oxygens (including phenoxy) is 2. The highest BCUT2D eigenvalue weighted by Crippen LogP contribution is 2.25. The number of fused-ring (bicyclic) bond motifs is 1. The van der Waals surface area contributed by atoms with Crippen LogP contribution in [0.15, 0.2) is 6.33 Å². The molecular formula is C20H29N7O4. The number of β-lactam (4-membered cyclic amide) rings is 1. The van der Waals surface area contributed by atoms with E-state index in [4.69, 9.17) is 20.2 Å². The first-order chi connectivity index (χ1) is 15.0. The molecule has 31 heavy (non-hydrogen) atoms. The number of imidazole rings is 1. The van der Waals surface area contributed by atoms with Crippen molar-refractivity contribution in [2.45, 2.75) is 51.4 Å². The zero-order valence-corrected chi connectivity index (χ0v) is 17.9. The van der Waals surface area contributed by atoms with Crippen LogP contribution < -0.4 is 11.1 Å². The normalized spacial score (nSPS) is 20.4. The third-order valence-electron chi connectivity index (χ3n) is 6.07. The average Bonchev–Trinajstić information content (AvgIpc) is 3.20. The van der Waals surface area contributed by atoms with Crippen LogP contribution >= 0.6 is 0 Å². The molecule has 2 aromatic heterocycles. The molecule has 0 aliphatic carbocycles. The number of aryl methyl sites for hydroxylation is 1. The maximum atomic E-state index is 12.2. The van der Waals surface area contributed by atoms with Gasteiger partial charge in [-0.2, -0.15) is 0 Å². The van der Waals surface area contributed by atoms with Crippen molar-refractivity contribution in [3.63, 3.8) is 0 Å². The first-order valence-corrected chi connectivity index (χ1v) is 10.7. The molecule has 0 bridgehead atoms. The molecular weight excluding hydrogens is 402 g/mol. The monoisotopic (exact) mass is 431 g/mol. The van der Waals surface area contributed by atoms with Gasteiger partial charge in [0.05, 0.1) is 12.9 Å². The molecule has 2 aliphatic rings. The number of carbonyl (C=O) groups is 2. The molecule has 2 saturated heterocycles. The van der Waals surface area contributed by atoms with Crippen molar-refractivity contribution in [2.75, 3.05) is 32.5 Å². The molecule has 0 radical (unpaired) electrons. The second-order valence-corrected chi connectivity index (χ2v) is 8.03. The smallest absolute Gasteiger partial charge is 0.410 e. The van der Waals surface area contributed by atoms with Gasteiger partial charge in [-0.05, 0) is 31.6 Å². The summed E-state index contributed by atoms with van der Waals surface area (Å²) in [5.74, 6) is 1.30. The van der Waals surface area contributed by atoms with Crippen molar-refractivity contribution in [1.29, 1.82) is 0 Å². The SMILES string of the molecule is CC[C@@H](OC)n1cnc2c(N)nc(CCC3CCN(C(=O)OC4CNC4=O)CC3)nc21. The van der Waals surface area contributed by atoms with Gasteiger partial charge >= 0.3 is 6.09 Å². The van der Waals surface area contributed by atoms with E-state index in [2.05, 4.69) is 15.3 Å². The number of hydrogen-bond donors (Lipinski definition) is 2. The van der Waals surface area contributed by atoms with E-state index in [0.717, 1.165) is 25.7 Å². The maximum absolute atomic E-state index is 12.2. The maximum Gasteiger partial charge on any atom is 0.410 e. The fourth-order valence-corrected chi connectivity index (χ4v) is 4.08. The first-order valence-electron chi connectivity index (χ1n) is 10.7. The van der Waals surface area contributed by atoms with E-state index in [9.17, 15) is 9.59 Å². The van der Waals surface area contributed by atoms with Crippen LogP contribution in [0.5, 0.6) is 0 Å². The van der Waals surface area contributed by atoms with Crippen molar-refractivity contribution in [3.05, 3.63) is 12.2 Å². The lowest BCUT2D eigenvalue weighted by atomic mass is 9.92. The molecule has 2 aliphatic heterocycles. The predicted molar refractivity (Wildman–Crippen MR) is 112 cm³/mol. The lowest BCUT2D eigenvalue weighted by molar-refractivity contribution is -0.138. The van der Waals surface area contributed by atoms with Gasteiger partial charge in [0.25, 0.3) is 5.91 Å². The van der Waals surface area contributed by atoms with E-state index in [1.54, 1.807) is 18.3 Å². The molecule has 3 N–H and O–H groups in total. The number of methoxy groups -OCH3 is 1. The Bertz CT molecular complexity index is 950. The number of nitrogens with zero attached hydrogens (tertiary/aromatic N) is 5. The van der Waals surface area contributed by atoms with Crippen molar-refractivity contribution >= 4 is 29.0 Å². The molecule has 4 rings (SSSR count). The van der Waals surface area contributed by atoms with Gasteiger partial charge in [0.2, 0.25) is 0 Å². The largest absolute Gasteiger partial charge is 0.434 e. The number of nitrogens with one attached hydrogen (secondary N) is 1. The molecule has 168 valence electrons. The minimum absolute atomic E-state index is 0.151. The Balaban J connectivity index is 1.33. The molecule has 2 aromatic rings. The summed E-state index contributed by atoms with van der Waals surface area (Å²) < 4.78 is 12.6. The number of likely N-dealkylation sites (tertiary alicyclic amines) is 1. The summed E-state index contributed by atoms with van der Waals surface area (Å²) in [6, 6.07) is 0. The van der Waals surface area contributed by atoms with Crippen LogP contribution in [0.4, 0.5) is 10.6 Å². The summed E-state index contributed by atoms with van der Waals surface area (Å²) >= 11 is 0. The van der Waals surface area contributed by atoms with Gasteiger partial charge in [0, 0.05) is 26.6 Å². The minimum Gasteiger partial charge on any atom is -0.434 e. The van der Waals surface area contributed by atoms with Crippen LogP contribution in [0.2, 0.25) is 0 Å². The predicted octanol–water partition coefficient (Wildman–Crippen LogP) is 1.24. The van der Waals surface area contributed by atoms with E-state index in [1.807, 2.05) is 11.5 Å². The van der Waals surface area contributed by atoms with E-state index < -0.39 is 12.2 Å². The number of aromatic nitrogens is 4. The molecule has 2 atom stereocenters. The number of anilines is 1. The lowest BCUT2D eigenvalue weighted by Crippen LogP contribution is -2.56. The van der Waals surface area contributed by atoms with Gasteiger partial charge in [0.15, 0.2) is 17.6 Å². The fourth-order valence-electron chi connectivity index (χ4n) is 4.08. The Morgan fingerprint density at radius 3 is 2.74 bits per heavy atom. The summed E-state index contributed by atoms with van der Waals surface area (Å²) in [4.78, 5) is 38.6. The molecule has 0 aromatic carbocycles. The van der Waals surface area contributed by atoms with Gasteiger partial charge < -0.3 is 25.4 Å². The summed E-state index contributed by atoms with van der Waals surface area (Å²) in [7, 11) is 1.66. The summed E-state index contributed by atoms with van der Waals surface area (Å²) in [6.07, 6.45) is 4.65. The molecule has 2 fully saturated rings. The Hall–Kier alpha value is -2.95. The van der Waals surface area contributed by atoms with Crippen LogP contribution in [-0.4, -0.2) is 69.3 Å². The van der Waals surface area contributed by atoms with Gasteiger partial charge in [-0.1, -0.05) is 6.92 Å². The second kappa shape index (κ2) is 9.04. The van der Waals surface area contributed by atoms with Crippen molar-refractivity contribution < 1.29 is 19.1 Å². The van der Waals surface area contributed by atoms with Crippen LogP contribution in [0.25, 0.3) is 11.2 Å². The third kappa shape index (κ3) is 4.41. The number of hydrogen-bond acceptors (Lipinski definition) is 8. The van der Waals surface area contributed by atoms with Crippen LogP contribution in [0, 0.1) is 5.92 Å². The summed E-state index contributed by atoms with van der Waals surface area (Å²) in [5.41, 5.74) is 7.40. The zero-order chi connectivity index (χ0) is 22.0. The quantitative estimate of drug-likeness (QED) is 0.625. The molecule has 11 nitrogen and oxygen atoms in total. The molecule has 2 amide bonds. The van der Waals surface area contributed by atoms with Gasteiger partial charge in [-0.25, -0.2) is 19.7 Å². The Morgan fingerprint density at radius 2 is 2.13 bits per heavy atom. The zero-order valence-electron chi connectivity index (χ0n) is 17.9. The van der Waals surface area contributed by atoms with Crippen LogP contribution in [-0.2, 0) is 20.7 Å².